The minimum absolute atomic E-state index is 0.0939. The lowest BCUT2D eigenvalue weighted by Gasteiger charge is -2.06. The van der Waals surface area contributed by atoms with Crippen LogP contribution in [0.1, 0.15) is 38.2 Å². The Balaban J connectivity index is 1.83. The monoisotopic (exact) mass is 352 g/mol. The van der Waals surface area contributed by atoms with Crippen molar-refractivity contribution in [2.45, 2.75) is 39.0 Å². The predicted molar refractivity (Wildman–Crippen MR) is 108 cm³/mol. The molecule has 0 saturated heterocycles. The van der Waals surface area contributed by atoms with E-state index in [-0.39, 0.29) is 4.74 Å². The number of hydrogen-bond donors (Lipinski definition) is 0. The van der Waals surface area contributed by atoms with Gasteiger partial charge >= 0.3 is 0 Å². The molecule has 2 aromatic carbocycles. The second-order valence-electron chi connectivity index (χ2n) is 6.36. The van der Waals surface area contributed by atoms with Crippen LogP contribution >= 0.6 is 11.3 Å². The van der Waals surface area contributed by atoms with Gasteiger partial charge < -0.3 is 4.74 Å². The van der Waals surface area contributed by atoms with Gasteiger partial charge in [-0.3, -0.25) is 4.79 Å². The smallest absolute Gasteiger partial charge is 0.240 e. The average Bonchev–Trinajstić information content (AvgIpc) is 2.65. The number of rotatable bonds is 7. The Bertz CT molecular complexity index is 894. The summed E-state index contributed by atoms with van der Waals surface area (Å²) in [6.07, 6.45) is 6.21. The first kappa shape index (κ1) is 17.7. The van der Waals surface area contributed by atoms with E-state index in [9.17, 15) is 4.79 Å². The molecule has 0 bridgehead atoms. The number of unbranched alkanes of at least 4 members (excludes halogenated alkanes) is 3. The first-order valence-electron chi connectivity index (χ1n) is 8.92. The van der Waals surface area contributed by atoms with E-state index in [1.807, 2.05) is 24.3 Å². The van der Waals surface area contributed by atoms with E-state index in [0.717, 1.165) is 33.4 Å². The van der Waals surface area contributed by atoms with Gasteiger partial charge in [-0.15, -0.1) is 0 Å². The maximum Gasteiger partial charge on any atom is 0.240 e. The summed E-state index contributed by atoms with van der Waals surface area (Å²) < 4.78 is 6.30. The van der Waals surface area contributed by atoms with Crippen LogP contribution in [-0.2, 0) is 6.42 Å². The van der Waals surface area contributed by atoms with Gasteiger partial charge in [0.2, 0.25) is 4.74 Å². The quantitative estimate of drug-likeness (QED) is 0.483. The molecule has 2 nitrogen and oxygen atoms in total. The van der Waals surface area contributed by atoms with Crippen molar-refractivity contribution in [2.75, 3.05) is 7.11 Å². The molecule has 0 unspecified atom stereocenters. The maximum absolute atomic E-state index is 12.5. The van der Waals surface area contributed by atoms with Crippen LogP contribution in [0.5, 0.6) is 5.75 Å². The minimum atomic E-state index is 0.0939. The number of benzene rings is 2. The number of aryl methyl sites for hydroxylation is 1. The second kappa shape index (κ2) is 8.30. The molecule has 0 N–H and O–H groups in total. The van der Waals surface area contributed by atoms with Gasteiger partial charge in [-0.2, -0.15) is 0 Å². The Labute approximate surface area is 153 Å². The third-order valence-corrected chi connectivity index (χ3v) is 5.51. The summed E-state index contributed by atoms with van der Waals surface area (Å²) in [5.41, 5.74) is 3.12. The number of hydrogen-bond acceptors (Lipinski definition) is 3. The molecule has 3 aromatic rings. The Kier molecular flexibility index (Phi) is 5.87. The first-order chi connectivity index (χ1) is 12.2. The van der Waals surface area contributed by atoms with E-state index in [1.54, 1.807) is 7.11 Å². The van der Waals surface area contributed by atoms with Crippen molar-refractivity contribution in [1.29, 1.82) is 0 Å². The van der Waals surface area contributed by atoms with Crippen LogP contribution in [0.3, 0.4) is 0 Å². The van der Waals surface area contributed by atoms with Gasteiger partial charge in [-0.1, -0.05) is 61.8 Å². The summed E-state index contributed by atoms with van der Waals surface area (Å²) >= 11 is 1.28. The van der Waals surface area contributed by atoms with E-state index >= 15 is 0 Å². The van der Waals surface area contributed by atoms with Crippen molar-refractivity contribution in [3.63, 3.8) is 0 Å². The molecule has 0 saturated carbocycles. The molecule has 3 heteroatoms. The van der Waals surface area contributed by atoms with Crippen molar-refractivity contribution in [3.05, 3.63) is 63.6 Å². The van der Waals surface area contributed by atoms with Crippen molar-refractivity contribution in [3.8, 4) is 16.9 Å². The van der Waals surface area contributed by atoms with Gasteiger partial charge in [0.25, 0.3) is 0 Å². The van der Waals surface area contributed by atoms with Gasteiger partial charge in [0, 0.05) is 10.3 Å². The highest BCUT2D eigenvalue weighted by atomic mass is 32.1. The Hall–Kier alpha value is -2.13. The highest BCUT2D eigenvalue weighted by Crippen LogP contribution is 2.27. The van der Waals surface area contributed by atoms with Crippen LogP contribution in [-0.4, -0.2) is 7.11 Å². The van der Waals surface area contributed by atoms with Crippen LogP contribution in [0.15, 0.2) is 53.3 Å². The van der Waals surface area contributed by atoms with Crippen LogP contribution in [0.4, 0.5) is 0 Å². The van der Waals surface area contributed by atoms with Gasteiger partial charge in [-0.25, -0.2) is 0 Å². The highest BCUT2D eigenvalue weighted by molar-refractivity contribution is 7.16. The largest absolute Gasteiger partial charge is 0.497 e. The summed E-state index contributed by atoms with van der Waals surface area (Å²) in [5, 5.41) is 1.07. The summed E-state index contributed by atoms with van der Waals surface area (Å²) in [6, 6.07) is 16.3. The van der Waals surface area contributed by atoms with Crippen molar-refractivity contribution < 1.29 is 4.74 Å². The number of ether oxygens (including phenoxy) is 1. The standard InChI is InChI=1S/C22H24O2S/c1-3-4-5-6-7-16-8-10-17(11-9-16)20-14-18-12-13-19(24-2)15-21(18)25-22(20)23/h8-15H,3-7H2,1-2H3. The third-order valence-electron chi connectivity index (χ3n) is 4.53. The van der Waals surface area contributed by atoms with Gasteiger partial charge in [0.1, 0.15) is 5.75 Å². The molecular weight excluding hydrogens is 328 g/mol. The predicted octanol–water partition coefficient (Wildman–Crippen LogP) is 6.06. The number of fused-ring (bicyclic) bond motifs is 1. The fourth-order valence-corrected chi connectivity index (χ4v) is 3.93. The van der Waals surface area contributed by atoms with E-state index in [1.165, 1.54) is 42.6 Å². The molecular formula is C22H24O2S. The fraction of sp³-hybridized carbons (Fsp3) is 0.318. The van der Waals surface area contributed by atoms with E-state index in [2.05, 4.69) is 31.2 Å². The summed E-state index contributed by atoms with van der Waals surface area (Å²) in [5.74, 6) is 0.781. The van der Waals surface area contributed by atoms with Crippen molar-refractivity contribution >= 4 is 21.4 Å². The maximum atomic E-state index is 12.5. The molecule has 0 spiro atoms. The second-order valence-corrected chi connectivity index (χ2v) is 7.37. The zero-order valence-electron chi connectivity index (χ0n) is 14.9. The van der Waals surface area contributed by atoms with E-state index in [4.69, 9.17) is 4.74 Å². The molecule has 0 aliphatic carbocycles. The van der Waals surface area contributed by atoms with Crippen LogP contribution in [0.2, 0.25) is 0 Å². The van der Waals surface area contributed by atoms with E-state index in [0.29, 0.717) is 0 Å². The minimum Gasteiger partial charge on any atom is -0.497 e. The fourth-order valence-electron chi connectivity index (χ4n) is 3.03. The van der Waals surface area contributed by atoms with Crippen LogP contribution in [0, 0.1) is 0 Å². The molecule has 1 aromatic heterocycles. The molecule has 0 radical (unpaired) electrons. The van der Waals surface area contributed by atoms with E-state index < -0.39 is 0 Å². The molecule has 25 heavy (non-hydrogen) atoms. The molecule has 0 fully saturated rings. The lowest BCUT2D eigenvalue weighted by molar-refractivity contribution is 0.415. The zero-order valence-corrected chi connectivity index (χ0v) is 15.7. The number of methoxy groups -OCH3 is 1. The molecule has 3 rings (SSSR count). The van der Waals surface area contributed by atoms with Crippen molar-refractivity contribution in [2.24, 2.45) is 0 Å². The average molecular weight is 352 g/mol. The van der Waals surface area contributed by atoms with Crippen LogP contribution < -0.4 is 9.48 Å². The summed E-state index contributed by atoms with van der Waals surface area (Å²) in [7, 11) is 1.64. The lowest BCUT2D eigenvalue weighted by Crippen LogP contribution is -1.99. The topological polar surface area (TPSA) is 26.3 Å². The van der Waals surface area contributed by atoms with Gasteiger partial charge in [0.15, 0.2) is 0 Å². The van der Waals surface area contributed by atoms with Gasteiger partial charge in [-0.05, 0) is 53.6 Å². The summed E-state index contributed by atoms with van der Waals surface area (Å²) in [4.78, 5) is 12.5. The summed E-state index contributed by atoms with van der Waals surface area (Å²) in [6.45, 7) is 2.23. The Morgan fingerprint density at radius 3 is 2.48 bits per heavy atom. The Morgan fingerprint density at radius 2 is 1.76 bits per heavy atom. The molecule has 1 heterocycles. The Morgan fingerprint density at radius 1 is 0.960 bits per heavy atom. The molecule has 0 amide bonds. The first-order valence-corrected chi connectivity index (χ1v) is 9.74. The third kappa shape index (κ3) is 4.29. The molecule has 0 atom stereocenters. The molecule has 0 aliphatic rings. The molecule has 130 valence electrons. The zero-order chi connectivity index (χ0) is 17.6. The van der Waals surface area contributed by atoms with Crippen molar-refractivity contribution in [1.82, 2.24) is 0 Å². The van der Waals surface area contributed by atoms with Crippen LogP contribution in [0.25, 0.3) is 21.2 Å². The molecule has 0 aliphatic heterocycles. The SMILES string of the molecule is CCCCCCc1ccc(-c2cc3ccc(OC)cc3sc2=O)cc1. The van der Waals surface area contributed by atoms with Gasteiger partial charge in [0.05, 0.1) is 7.11 Å². The highest BCUT2D eigenvalue weighted by Gasteiger charge is 2.07. The normalized spacial score (nSPS) is 11.0. The lowest BCUT2D eigenvalue weighted by atomic mass is 10.0.